The summed E-state index contributed by atoms with van der Waals surface area (Å²) < 4.78 is 5.24. The first-order valence-electron chi connectivity index (χ1n) is 5.54. The molecule has 16 heavy (non-hydrogen) atoms. The molecule has 3 nitrogen and oxygen atoms in total. The van der Waals surface area contributed by atoms with Crippen LogP contribution < -0.4 is 10.1 Å². The maximum absolute atomic E-state index is 11.3. The van der Waals surface area contributed by atoms with Crippen LogP contribution in [0.3, 0.4) is 0 Å². The summed E-state index contributed by atoms with van der Waals surface area (Å²) in [5, 5.41) is 2.89. The number of para-hydroxylation sites is 1. The molecule has 0 atom stereocenters. The van der Waals surface area contributed by atoms with Gasteiger partial charge in [-0.15, -0.1) is 0 Å². The average Bonchev–Trinajstić information content (AvgIpc) is 2.29. The Morgan fingerprint density at radius 1 is 1.38 bits per heavy atom. The fourth-order valence-corrected chi connectivity index (χ4v) is 1.43. The quantitative estimate of drug-likeness (QED) is 0.826. The molecule has 1 rings (SSSR count). The van der Waals surface area contributed by atoms with Gasteiger partial charge in [-0.3, -0.25) is 4.79 Å². The number of rotatable bonds is 5. The summed E-state index contributed by atoms with van der Waals surface area (Å²) in [6.45, 7) is 4.42. The fraction of sp³-hybridized carbons (Fsp3) is 0.462. The van der Waals surface area contributed by atoms with Gasteiger partial charge < -0.3 is 10.1 Å². The zero-order chi connectivity index (χ0) is 12.0. The van der Waals surface area contributed by atoms with E-state index in [1.165, 1.54) is 0 Å². The molecule has 0 spiro atoms. The number of nitrogens with one attached hydrogen (secondary N) is 1. The van der Waals surface area contributed by atoms with Gasteiger partial charge in [0.1, 0.15) is 5.75 Å². The molecule has 0 aliphatic carbocycles. The highest BCUT2D eigenvalue weighted by atomic mass is 16.5. The Hall–Kier alpha value is -1.51. The summed E-state index contributed by atoms with van der Waals surface area (Å²) >= 11 is 0. The minimum atomic E-state index is 0.0395. The highest BCUT2D eigenvalue weighted by Gasteiger charge is 2.06. The maximum atomic E-state index is 11.3. The van der Waals surface area contributed by atoms with Crippen molar-refractivity contribution in [2.24, 2.45) is 5.92 Å². The van der Waals surface area contributed by atoms with Crippen LogP contribution in [-0.4, -0.2) is 19.6 Å². The molecule has 0 saturated heterocycles. The molecule has 0 heterocycles. The number of carbonyl (C=O) groups excluding carboxylic acids is 1. The van der Waals surface area contributed by atoms with Gasteiger partial charge in [0.05, 0.1) is 7.11 Å². The van der Waals surface area contributed by atoms with E-state index in [0.29, 0.717) is 6.54 Å². The van der Waals surface area contributed by atoms with Crippen molar-refractivity contribution >= 4 is 5.91 Å². The van der Waals surface area contributed by atoms with Gasteiger partial charge in [-0.05, 0) is 18.1 Å². The molecule has 0 aliphatic heterocycles. The van der Waals surface area contributed by atoms with Gasteiger partial charge in [0, 0.05) is 12.5 Å². The molecule has 1 aromatic carbocycles. The monoisotopic (exact) mass is 221 g/mol. The normalized spacial score (nSPS) is 10.2. The number of ether oxygens (including phenoxy) is 1. The van der Waals surface area contributed by atoms with Crippen LogP contribution in [-0.2, 0) is 11.2 Å². The van der Waals surface area contributed by atoms with E-state index in [1.807, 2.05) is 38.1 Å². The molecule has 0 unspecified atom stereocenters. The number of carbonyl (C=O) groups is 1. The van der Waals surface area contributed by atoms with Crippen LogP contribution in [0.4, 0.5) is 0 Å². The SMILES string of the molecule is COc1ccccc1CCNC(=O)C(C)C. The molecule has 0 radical (unpaired) electrons. The maximum Gasteiger partial charge on any atom is 0.222 e. The zero-order valence-corrected chi connectivity index (χ0v) is 10.1. The molecule has 88 valence electrons. The van der Waals surface area contributed by atoms with Gasteiger partial charge >= 0.3 is 0 Å². The topological polar surface area (TPSA) is 38.3 Å². The van der Waals surface area contributed by atoms with Crippen molar-refractivity contribution in [1.29, 1.82) is 0 Å². The molecule has 0 aliphatic rings. The van der Waals surface area contributed by atoms with E-state index < -0.39 is 0 Å². The summed E-state index contributed by atoms with van der Waals surface area (Å²) in [5.41, 5.74) is 1.12. The lowest BCUT2D eigenvalue weighted by molar-refractivity contribution is -0.123. The van der Waals surface area contributed by atoms with Gasteiger partial charge in [0.2, 0.25) is 5.91 Å². The van der Waals surface area contributed by atoms with E-state index in [0.717, 1.165) is 17.7 Å². The van der Waals surface area contributed by atoms with E-state index >= 15 is 0 Å². The third-order valence-electron chi connectivity index (χ3n) is 2.41. The molecule has 0 fully saturated rings. The van der Waals surface area contributed by atoms with Crippen LogP contribution in [0.15, 0.2) is 24.3 Å². The van der Waals surface area contributed by atoms with Crippen molar-refractivity contribution in [2.75, 3.05) is 13.7 Å². The number of amides is 1. The molecule has 1 amide bonds. The van der Waals surface area contributed by atoms with E-state index in [9.17, 15) is 4.79 Å². The Morgan fingerprint density at radius 3 is 2.69 bits per heavy atom. The minimum absolute atomic E-state index is 0.0395. The molecular formula is C13H19NO2. The van der Waals surface area contributed by atoms with Crippen LogP contribution in [0.1, 0.15) is 19.4 Å². The molecule has 0 aromatic heterocycles. The summed E-state index contributed by atoms with van der Waals surface area (Å²) in [6.07, 6.45) is 0.794. The highest BCUT2D eigenvalue weighted by molar-refractivity contribution is 5.77. The van der Waals surface area contributed by atoms with Gasteiger partial charge in [-0.2, -0.15) is 0 Å². The Morgan fingerprint density at radius 2 is 2.06 bits per heavy atom. The minimum Gasteiger partial charge on any atom is -0.496 e. The second-order valence-corrected chi connectivity index (χ2v) is 4.01. The summed E-state index contributed by atoms with van der Waals surface area (Å²) in [5.74, 6) is 1.01. The highest BCUT2D eigenvalue weighted by Crippen LogP contribution is 2.17. The first-order chi connectivity index (χ1) is 7.65. The predicted molar refractivity (Wildman–Crippen MR) is 64.5 cm³/mol. The van der Waals surface area contributed by atoms with Gasteiger partial charge in [0.25, 0.3) is 0 Å². The summed E-state index contributed by atoms with van der Waals surface area (Å²) in [4.78, 5) is 11.3. The summed E-state index contributed by atoms with van der Waals surface area (Å²) in [6, 6.07) is 7.86. The van der Waals surface area contributed by atoms with E-state index in [4.69, 9.17) is 4.74 Å². The van der Waals surface area contributed by atoms with E-state index in [2.05, 4.69) is 5.32 Å². The molecule has 1 N–H and O–H groups in total. The first kappa shape index (κ1) is 12.6. The molecule has 1 aromatic rings. The standard InChI is InChI=1S/C13H19NO2/c1-10(2)13(15)14-9-8-11-6-4-5-7-12(11)16-3/h4-7,10H,8-9H2,1-3H3,(H,14,15). The Labute approximate surface area is 96.8 Å². The van der Waals surface area contributed by atoms with E-state index in [1.54, 1.807) is 7.11 Å². The van der Waals surface area contributed by atoms with Crippen molar-refractivity contribution in [3.63, 3.8) is 0 Å². The lowest BCUT2D eigenvalue weighted by Gasteiger charge is -2.10. The number of methoxy groups -OCH3 is 1. The molecule has 0 bridgehead atoms. The third kappa shape index (κ3) is 3.57. The van der Waals surface area contributed by atoms with Crippen LogP contribution in [0, 0.1) is 5.92 Å². The number of hydrogen-bond donors (Lipinski definition) is 1. The Bertz CT molecular complexity index is 348. The second kappa shape index (κ2) is 6.16. The largest absolute Gasteiger partial charge is 0.496 e. The predicted octanol–water partition coefficient (Wildman–Crippen LogP) is 2.01. The third-order valence-corrected chi connectivity index (χ3v) is 2.41. The van der Waals surface area contributed by atoms with Gasteiger partial charge in [-0.1, -0.05) is 32.0 Å². The first-order valence-corrected chi connectivity index (χ1v) is 5.54. The van der Waals surface area contributed by atoms with Crippen molar-refractivity contribution in [3.05, 3.63) is 29.8 Å². The van der Waals surface area contributed by atoms with Crippen LogP contribution in [0.5, 0.6) is 5.75 Å². The van der Waals surface area contributed by atoms with Gasteiger partial charge in [-0.25, -0.2) is 0 Å². The van der Waals surface area contributed by atoms with Crippen LogP contribution in [0.2, 0.25) is 0 Å². The molecular weight excluding hydrogens is 202 g/mol. The Balaban J connectivity index is 2.45. The zero-order valence-electron chi connectivity index (χ0n) is 10.1. The lowest BCUT2D eigenvalue weighted by atomic mass is 10.1. The lowest BCUT2D eigenvalue weighted by Crippen LogP contribution is -2.29. The van der Waals surface area contributed by atoms with Crippen LogP contribution >= 0.6 is 0 Å². The van der Waals surface area contributed by atoms with Crippen molar-refractivity contribution in [3.8, 4) is 5.75 Å². The number of benzene rings is 1. The fourth-order valence-electron chi connectivity index (χ4n) is 1.43. The molecule has 3 heteroatoms. The second-order valence-electron chi connectivity index (χ2n) is 4.01. The van der Waals surface area contributed by atoms with Crippen LogP contribution in [0.25, 0.3) is 0 Å². The molecule has 0 saturated carbocycles. The average molecular weight is 221 g/mol. The summed E-state index contributed by atoms with van der Waals surface area (Å²) in [7, 11) is 1.66. The van der Waals surface area contributed by atoms with Crippen molar-refractivity contribution in [2.45, 2.75) is 20.3 Å². The Kier molecular flexibility index (Phi) is 4.83. The smallest absolute Gasteiger partial charge is 0.222 e. The van der Waals surface area contributed by atoms with Crippen molar-refractivity contribution in [1.82, 2.24) is 5.32 Å². The number of hydrogen-bond acceptors (Lipinski definition) is 2. The van der Waals surface area contributed by atoms with Gasteiger partial charge in [0.15, 0.2) is 0 Å². The van der Waals surface area contributed by atoms with E-state index in [-0.39, 0.29) is 11.8 Å². The van der Waals surface area contributed by atoms with Crippen molar-refractivity contribution < 1.29 is 9.53 Å².